The van der Waals surface area contributed by atoms with Gasteiger partial charge in [0.15, 0.2) is 5.78 Å². The number of para-hydroxylation sites is 1. The summed E-state index contributed by atoms with van der Waals surface area (Å²) in [6.07, 6.45) is 3.40. The molecule has 0 aliphatic rings. The fourth-order valence-electron chi connectivity index (χ4n) is 1.56. The van der Waals surface area contributed by atoms with Crippen molar-refractivity contribution < 1.29 is 9.18 Å². The summed E-state index contributed by atoms with van der Waals surface area (Å²) >= 11 is 0. The molecule has 1 aromatic carbocycles. The van der Waals surface area contributed by atoms with Gasteiger partial charge in [-0.15, -0.1) is 0 Å². The van der Waals surface area contributed by atoms with Crippen LogP contribution in [-0.4, -0.2) is 10.8 Å². The molecule has 17 heavy (non-hydrogen) atoms. The first-order valence-electron chi connectivity index (χ1n) is 5.14. The zero-order chi connectivity index (χ0) is 12.3. The molecule has 2 rings (SSSR count). The Hall–Kier alpha value is -2.23. The fraction of sp³-hybridized carbons (Fsp3) is 0.0769. The van der Waals surface area contributed by atoms with Gasteiger partial charge in [0.05, 0.1) is 5.69 Å². The van der Waals surface area contributed by atoms with Crippen LogP contribution in [0.5, 0.6) is 0 Å². The first-order valence-corrected chi connectivity index (χ1v) is 5.14. The Morgan fingerprint density at radius 2 is 2.12 bits per heavy atom. The van der Waals surface area contributed by atoms with E-state index in [0.717, 1.165) is 5.56 Å². The number of Topliss-reactive ketones (excluding diaryl/α,β-unsaturated/α-hetero) is 1. The van der Waals surface area contributed by atoms with Crippen LogP contribution in [0.25, 0.3) is 0 Å². The number of nitrogen functional groups attached to an aromatic ring is 1. The van der Waals surface area contributed by atoms with Crippen LogP contribution in [0, 0.1) is 5.82 Å². The molecule has 1 aromatic heterocycles. The number of carbonyl (C=O) groups excluding carboxylic acids is 1. The molecular formula is C13H11FN2O. The van der Waals surface area contributed by atoms with Crippen molar-refractivity contribution in [1.29, 1.82) is 0 Å². The van der Waals surface area contributed by atoms with Crippen LogP contribution >= 0.6 is 0 Å². The summed E-state index contributed by atoms with van der Waals surface area (Å²) in [6.45, 7) is 0. The lowest BCUT2D eigenvalue weighted by Crippen LogP contribution is -2.08. The quantitative estimate of drug-likeness (QED) is 0.649. The molecule has 2 N–H and O–H groups in total. The average molecular weight is 230 g/mol. The molecule has 0 amide bonds. The second-order valence-electron chi connectivity index (χ2n) is 3.66. The highest BCUT2D eigenvalue weighted by atomic mass is 19.1. The van der Waals surface area contributed by atoms with Gasteiger partial charge in [-0.25, -0.2) is 4.39 Å². The minimum Gasteiger partial charge on any atom is -0.396 e. The van der Waals surface area contributed by atoms with Gasteiger partial charge in [0, 0.05) is 24.4 Å². The van der Waals surface area contributed by atoms with Crippen LogP contribution in [0.3, 0.4) is 0 Å². The van der Waals surface area contributed by atoms with Crippen molar-refractivity contribution >= 4 is 11.5 Å². The lowest BCUT2D eigenvalue weighted by atomic mass is 10.0. The van der Waals surface area contributed by atoms with E-state index in [1.54, 1.807) is 24.5 Å². The van der Waals surface area contributed by atoms with Crippen LogP contribution in [0.4, 0.5) is 10.1 Å². The number of nitrogens with zero attached hydrogens (tertiary/aromatic N) is 1. The Balaban J connectivity index is 2.24. The lowest BCUT2D eigenvalue weighted by molar-refractivity contribution is 0.0993. The maximum atomic E-state index is 13.2. The van der Waals surface area contributed by atoms with Gasteiger partial charge in [-0.2, -0.15) is 0 Å². The van der Waals surface area contributed by atoms with Crippen molar-refractivity contribution in [3.05, 3.63) is 59.7 Å². The molecule has 0 atom stereocenters. The highest BCUT2D eigenvalue weighted by Gasteiger charge is 2.12. The third-order valence-corrected chi connectivity index (χ3v) is 2.44. The summed E-state index contributed by atoms with van der Waals surface area (Å²) in [5.41, 5.74) is 6.43. The largest absolute Gasteiger partial charge is 0.396 e. The highest BCUT2D eigenvalue weighted by Crippen LogP contribution is 2.17. The van der Waals surface area contributed by atoms with Gasteiger partial charge in [-0.1, -0.05) is 12.1 Å². The Morgan fingerprint density at radius 1 is 1.29 bits per heavy atom. The number of aromatic nitrogens is 1. The molecule has 86 valence electrons. The standard InChI is InChI=1S/C13H11FN2O/c14-11-5-1-4-10(13(11)15)12(17)7-9-3-2-6-16-8-9/h1-6,8H,7,15H2. The average Bonchev–Trinajstić information content (AvgIpc) is 2.34. The number of hydrogen-bond donors (Lipinski definition) is 1. The van der Waals surface area contributed by atoms with Crippen LogP contribution < -0.4 is 5.73 Å². The van der Waals surface area contributed by atoms with Crippen molar-refractivity contribution in [2.24, 2.45) is 0 Å². The zero-order valence-corrected chi connectivity index (χ0v) is 9.06. The monoisotopic (exact) mass is 230 g/mol. The van der Waals surface area contributed by atoms with E-state index in [9.17, 15) is 9.18 Å². The van der Waals surface area contributed by atoms with Crippen LogP contribution in [-0.2, 0) is 6.42 Å². The van der Waals surface area contributed by atoms with Gasteiger partial charge in [-0.3, -0.25) is 9.78 Å². The molecule has 0 aliphatic carbocycles. The number of pyridine rings is 1. The molecule has 1 heterocycles. The zero-order valence-electron chi connectivity index (χ0n) is 9.06. The Morgan fingerprint density at radius 3 is 2.82 bits per heavy atom. The number of rotatable bonds is 3. The Kier molecular flexibility index (Phi) is 3.14. The summed E-state index contributed by atoms with van der Waals surface area (Å²) in [5, 5.41) is 0. The van der Waals surface area contributed by atoms with Crippen LogP contribution in [0.15, 0.2) is 42.7 Å². The third-order valence-electron chi connectivity index (χ3n) is 2.44. The number of anilines is 1. The molecule has 0 saturated heterocycles. The number of halogens is 1. The number of nitrogens with two attached hydrogens (primary N) is 1. The Labute approximate surface area is 98.1 Å². The molecule has 3 nitrogen and oxygen atoms in total. The molecular weight excluding hydrogens is 219 g/mol. The molecule has 0 radical (unpaired) electrons. The number of ketones is 1. The normalized spacial score (nSPS) is 10.2. The maximum absolute atomic E-state index is 13.2. The van der Waals surface area contributed by atoms with E-state index >= 15 is 0 Å². The summed E-state index contributed by atoms with van der Waals surface area (Å²) in [4.78, 5) is 15.8. The van der Waals surface area contributed by atoms with Gasteiger partial charge < -0.3 is 5.73 Å². The molecule has 0 unspecified atom stereocenters. The topological polar surface area (TPSA) is 56.0 Å². The summed E-state index contributed by atoms with van der Waals surface area (Å²) in [7, 11) is 0. The van der Waals surface area contributed by atoms with Gasteiger partial charge in [-0.05, 0) is 23.8 Å². The first-order chi connectivity index (χ1) is 8.18. The van der Waals surface area contributed by atoms with Gasteiger partial charge >= 0.3 is 0 Å². The van der Waals surface area contributed by atoms with Crippen molar-refractivity contribution in [2.75, 3.05) is 5.73 Å². The summed E-state index contributed by atoms with van der Waals surface area (Å²) < 4.78 is 13.2. The predicted molar refractivity (Wildman–Crippen MR) is 63.1 cm³/mol. The molecule has 0 spiro atoms. The third kappa shape index (κ3) is 2.47. The van der Waals surface area contributed by atoms with Crippen LogP contribution in [0.1, 0.15) is 15.9 Å². The molecule has 0 saturated carbocycles. The minimum absolute atomic E-state index is 0.0959. The molecule has 0 bridgehead atoms. The highest BCUT2D eigenvalue weighted by molar-refractivity contribution is 6.01. The number of carbonyl (C=O) groups is 1. The second-order valence-corrected chi connectivity index (χ2v) is 3.66. The lowest BCUT2D eigenvalue weighted by Gasteiger charge is -2.05. The van der Waals surface area contributed by atoms with Crippen molar-refractivity contribution in [2.45, 2.75) is 6.42 Å². The molecule has 4 heteroatoms. The molecule has 0 aliphatic heterocycles. The van der Waals surface area contributed by atoms with E-state index in [4.69, 9.17) is 5.73 Å². The summed E-state index contributed by atoms with van der Waals surface area (Å²) in [5.74, 6) is -0.781. The van der Waals surface area contributed by atoms with Crippen molar-refractivity contribution in [3.8, 4) is 0 Å². The van der Waals surface area contributed by atoms with Crippen molar-refractivity contribution in [1.82, 2.24) is 4.98 Å². The number of benzene rings is 1. The van der Waals surface area contributed by atoms with E-state index in [-0.39, 0.29) is 23.5 Å². The van der Waals surface area contributed by atoms with Crippen molar-refractivity contribution in [3.63, 3.8) is 0 Å². The molecule has 2 aromatic rings. The maximum Gasteiger partial charge on any atom is 0.169 e. The smallest absolute Gasteiger partial charge is 0.169 e. The van der Waals surface area contributed by atoms with E-state index in [1.807, 2.05) is 0 Å². The fourth-order valence-corrected chi connectivity index (χ4v) is 1.56. The van der Waals surface area contributed by atoms with E-state index in [1.165, 1.54) is 18.2 Å². The van der Waals surface area contributed by atoms with E-state index in [0.29, 0.717) is 0 Å². The van der Waals surface area contributed by atoms with Gasteiger partial charge in [0.2, 0.25) is 0 Å². The second kappa shape index (κ2) is 4.74. The minimum atomic E-state index is -0.568. The predicted octanol–water partition coefficient (Wildman–Crippen LogP) is 2.23. The van der Waals surface area contributed by atoms with Gasteiger partial charge in [0.1, 0.15) is 5.82 Å². The van der Waals surface area contributed by atoms with E-state index in [2.05, 4.69) is 4.98 Å². The van der Waals surface area contributed by atoms with E-state index < -0.39 is 5.82 Å². The van der Waals surface area contributed by atoms with Gasteiger partial charge in [0.25, 0.3) is 0 Å². The molecule has 0 fully saturated rings. The first kappa shape index (κ1) is 11.3. The van der Waals surface area contributed by atoms with Crippen LogP contribution in [0.2, 0.25) is 0 Å². The number of hydrogen-bond acceptors (Lipinski definition) is 3. The Bertz CT molecular complexity index is 540. The SMILES string of the molecule is Nc1c(F)cccc1C(=O)Cc1cccnc1. The summed E-state index contributed by atoms with van der Waals surface area (Å²) in [6, 6.07) is 7.77.